The van der Waals surface area contributed by atoms with Crippen molar-refractivity contribution >= 4 is 17.6 Å². The Balaban J connectivity index is 1.96. The zero-order valence-corrected chi connectivity index (χ0v) is 13.0. The summed E-state index contributed by atoms with van der Waals surface area (Å²) in [6.45, 7) is 6.21. The highest BCUT2D eigenvalue weighted by atomic mass is 16.2. The molecule has 2 aromatic rings. The number of hydrogen-bond donors (Lipinski definition) is 2. The lowest BCUT2D eigenvalue weighted by atomic mass is 10.1. The number of aryl methyl sites for hydroxylation is 2. The Morgan fingerprint density at radius 3 is 2.73 bits per heavy atom. The number of carbonyl (C=O) groups is 2. The molecular formula is C14H20N6O2. The standard InChI is InChI=1S/C14H20N6O2/c1-4-15-13(22)7-16-12(21)6-5-11-9(2)19-14-17-8-18-20(14)10(11)3/h8H,4-7H2,1-3H3,(H,15,22)(H,16,21). The van der Waals surface area contributed by atoms with Crippen LogP contribution < -0.4 is 10.6 Å². The van der Waals surface area contributed by atoms with Gasteiger partial charge < -0.3 is 10.6 Å². The number of hydrogen-bond acceptors (Lipinski definition) is 5. The second-order valence-corrected chi connectivity index (χ2v) is 4.96. The second-order valence-electron chi connectivity index (χ2n) is 4.96. The molecule has 0 fully saturated rings. The van der Waals surface area contributed by atoms with Crippen LogP contribution in [0.15, 0.2) is 6.33 Å². The number of aromatic nitrogens is 4. The lowest BCUT2D eigenvalue weighted by Gasteiger charge is -2.10. The van der Waals surface area contributed by atoms with E-state index in [1.54, 1.807) is 4.52 Å². The first-order valence-corrected chi connectivity index (χ1v) is 7.22. The fourth-order valence-corrected chi connectivity index (χ4v) is 2.28. The first kappa shape index (κ1) is 15.9. The minimum Gasteiger partial charge on any atom is -0.355 e. The maximum absolute atomic E-state index is 11.8. The van der Waals surface area contributed by atoms with E-state index in [1.807, 2.05) is 20.8 Å². The van der Waals surface area contributed by atoms with Gasteiger partial charge in [0.15, 0.2) is 0 Å². The van der Waals surface area contributed by atoms with Crippen LogP contribution in [0.25, 0.3) is 5.78 Å². The van der Waals surface area contributed by atoms with Crippen molar-refractivity contribution in [2.45, 2.75) is 33.6 Å². The summed E-state index contributed by atoms with van der Waals surface area (Å²) in [4.78, 5) is 31.5. The SMILES string of the molecule is CCNC(=O)CNC(=O)CCc1c(C)nc2ncnn2c1C. The number of carbonyl (C=O) groups excluding carboxylic acids is 2. The van der Waals surface area contributed by atoms with Crippen LogP contribution in [0.5, 0.6) is 0 Å². The molecule has 0 saturated carbocycles. The molecule has 0 aliphatic carbocycles. The van der Waals surface area contributed by atoms with Crippen molar-refractivity contribution in [1.29, 1.82) is 0 Å². The highest BCUT2D eigenvalue weighted by Gasteiger charge is 2.12. The third-order valence-electron chi connectivity index (χ3n) is 3.41. The Labute approximate surface area is 128 Å². The number of amides is 2. The van der Waals surface area contributed by atoms with E-state index in [0.29, 0.717) is 25.2 Å². The zero-order valence-electron chi connectivity index (χ0n) is 13.0. The third kappa shape index (κ3) is 3.57. The molecule has 8 heteroatoms. The molecule has 2 heterocycles. The number of likely N-dealkylation sites (N-methyl/N-ethyl adjacent to an activating group) is 1. The van der Waals surface area contributed by atoms with Gasteiger partial charge in [-0.05, 0) is 32.8 Å². The number of nitrogens with zero attached hydrogens (tertiary/aromatic N) is 4. The minimum atomic E-state index is -0.186. The van der Waals surface area contributed by atoms with Crippen molar-refractivity contribution in [2.75, 3.05) is 13.1 Å². The molecule has 118 valence electrons. The largest absolute Gasteiger partial charge is 0.355 e. The average molecular weight is 304 g/mol. The van der Waals surface area contributed by atoms with Crippen molar-refractivity contribution < 1.29 is 9.59 Å². The molecule has 2 amide bonds. The van der Waals surface area contributed by atoms with Gasteiger partial charge in [-0.1, -0.05) is 0 Å². The molecular weight excluding hydrogens is 284 g/mol. The van der Waals surface area contributed by atoms with Crippen LogP contribution >= 0.6 is 0 Å². The summed E-state index contributed by atoms with van der Waals surface area (Å²) < 4.78 is 1.66. The van der Waals surface area contributed by atoms with Crippen LogP contribution in [0.3, 0.4) is 0 Å². The van der Waals surface area contributed by atoms with E-state index < -0.39 is 0 Å². The van der Waals surface area contributed by atoms with Gasteiger partial charge in [0.25, 0.3) is 5.78 Å². The third-order valence-corrected chi connectivity index (χ3v) is 3.41. The highest BCUT2D eigenvalue weighted by molar-refractivity contribution is 5.84. The van der Waals surface area contributed by atoms with E-state index >= 15 is 0 Å². The van der Waals surface area contributed by atoms with Crippen LogP contribution in [-0.2, 0) is 16.0 Å². The highest BCUT2D eigenvalue weighted by Crippen LogP contribution is 2.14. The summed E-state index contributed by atoms with van der Waals surface area (Å²) >= 11 is 0. The molecule has 0 aliphatic rings. The predicted octanol–water partition coefficient (Wildman–Crippen LogP) is -0.0740. The van der Waals surface area contributed by atoms with Gasteiger partial charge in [-0.15, -0.1) is 0 Å². The lowest BCUT2D eigenvalue weighted by molar-refractivity contribution is -0.126. The molecule has 22 heavy (non-hydrogen) atoms. The Morgan fingerprint density at radius 2 is 2.00 bits per heavy atom. The van der Waals surface area contributed by atoms with Crippen molar-refractivity contribution in [2.24, 2.45) is 0 Å². The summed E-state index contributed by atoms with van der Waals surface area (Å²) in [5, 5.41) is 9.35. The van der Waals surface area contributed by atoms with E-state index in [0.717, 1.165) is 17.0 Å². The van der Waals surface area contributed by atoms with Gasteiger partial charge in [0.2, 0.25) is 11.8 Å². The van der Waals surface area contributed by atoms with Crippen molar-refractivity contribution in [1.82, 2.24) is 30.2 Å². The normalized spacial score (nSPS) is 10.7. The minimum absolute atomic E-state index is 0.00496. The van der Waals surface area contributed by atoms with Crippen LogP contribution in [0.2, 0.25) is 0 Å². The van der Waals surface area contributed by atoms with Crippen LogP contribution in [0, 0.1) is 13.8 Å². The Bertz CT molecular complexity index is 694. The number of nitrogens with one attached hydrogen (secondary N) is 2. The summed E-state index contributed by atoms with van der Waals surface area (Å²) in [7, 11) is 0. The number of rotatable bonds is 6. The molecule has 2 aromatic heterocycles. The molecule has 2 N–H and O–H groups in total. The van der Waals surface area contributed by atoms with Crippen LogP contribution in [-0.4, -0.2) is 44.5 Å². The first-order valence-electron chi connectivity index (χ1n) is 7.22. The van der Waals surface area contributed by atoms with Crippen molar-refractivity contribution in [3.8, 4) is 0 Å². The monoisotopic (exact) mass is 304 g/mol. The summed E-state index contributed by atoms with van der Waals surface area (Å²) in [6.07, 6.45) is 2.29. The molecule has 8 nitrogen and oxygen atoms in total. The fourth-order valence-electron chi connectivity index (χ4n) is 2.28. The summed E-state index contributed by atoms with van der Waals surface area (Å²) in [5.74, 6) is 0.206. The molecule has 0 unspecified atom stereocenters. The molecule has 2 rings (SSSR count). The van der Waals surface area contributed by atoms with Gasteiger partial charge >= 0.3 is 0 Å². The van der Waals surface area contributed by atoms with Gasteiger partial charge in [0.1, 0.15) is 6.33 Å². The van der Waals surface area contributed by atoms with Crippen LogP contribution in [0.4, 0.5) is 0 Å². The van der Waals surface area contributed by atoms with E-state index in [-0.39, 0.29) is 18.4 Å². The second kappa shape index (κ2) is 6.97. The van der Waals surface area contributed by atoms with Crippen LogP contribution in [0.1, 0.15) is 30.3 Å². The molecule has 0 bridgehead atoms. The Kier molecular flexibility index (Phi) is 5.03. The fraction of sp³-hybridized carbons (Fsp3) is 0.500. The topological polar surface area (TPSA) is 101 Å². The van der Waals surface area contributed by atoms with Gasteiger partial charge in [-0.2, -0.15) is 10.1 Å². The maximum atomic E-state index is 11.8. The molecule has 0 aliphatic heterocycles. The zero-order chi connectivity index (χ0) is 16.1. The molecule has 0 atom stereocenters. The molecule has 0 aromatic carbocycles. The van der Waals surface area contributed by atoms with E-state index in [4.69, 9.17) is 0 Å². The van der Waals surface area contributed by atoms with Gasteiger partial charge in [-0.25, -0.2) is 9.50 Å². The predicted molar refractivity (Wildman–Crippen MR) is 80.3 cm³/mol. The van der Waals surface area contributed by atoms with Gasteiger partial charge in [0.05, 0.1) is 6.54 Å². The Morgan fingerprint density at radius 1 is 1.23 bits per heavy atom. The van der Waals surface area contributed by atoms with Crippen molar-refractivity contribution in [3.63, 3.8) is 0 Å². The molecule has 0 spiro atoms. The first-order chi connectivity index (χ1) is 10.5. The van der Waals surface area contributed by atoms with E-state index in [9.17, 15) is 9.59 Å². The van der Waals surface area contributed by atoms with E-state index in [2.05, 4.69) is 25.7 Å². The maximum Gasteiger partial charge on any atom is 0.252 e. The summed E-state index contributed by atoms with van der Waals surface area (Å²) in [5.41, 5.74) is 2.75. The quantitative estimate of drug-likeness (QED) is 0.777. The lowest BCUT2D eigenvalue weighted by Crippen LogP contribution is -2.36. The molecule has 0 radical (unpaired) electrons. The number of fused-ring (bicyclic) bond motifs is 1. The summed E-state index contributed by atoms with van der Waals surface area (Å²) in [6, 6.07) is 0. The van der Waals surface area contributed by atoms with Gasteiger partial charge in [0, 0.05) is 24.4 Å². The molecule has 0 saturated heterocycles. The van der Waals surface area contributed by atoms with Gasteiger partial charge in [-0.3, -0.25) is 9.59 Å². The average Bonchev–Trinajstić information content (AvgIpc) is 2.93. The van der Waals surface area contributed by atoms with Crippen molar-refractivity contribution in [3.05, 3.63) is 23.3 Å². The smallest absolute Gasteiger partial charge is 0.252 e. The Hall–Kier alpha value is -2.51. The van der Waals surface area contributed by atoms with E-state index in [1.165, 1.54) is 6.33 Å².